The number of ether oxygens (including phenoxy) is 1. The number of nitro groups is 1. The quantitative estimate of drug-likeness (QED) is 0.196. The van der Waals surface area contributed by atoms with E-state index in [1.165, 1.54) is 24.3 Å². The van der Waals surface area contributed by atoms with Crippen molar-refractivity contribution < 1.29 is 14.1 Å². The van der Waals surface area contributed by atoms with E-state index < -0.39 is 4.92 Å². The van der Waals surface area contributed by atoms with Crippen molar-refractivity contribution in [2.75, 3.05) is 18.4 Å². The molecule has 0 bridgehead atoms. The Hall–Kier alpha value is -2.58. The Balaban J connectivity index is 0.00000363. The highest BCUT2D eigenvalue weighted by atomic mass is 35.5. The minimum Gasteiger partial charge on any atom is -0.489 e. The van der Waals surface area contributed by atoms with Gasteiger partial charge in [-0.3, -0.25) is 10.1 Å². The number of hydrogen-bond donors (Lipinski definition) is 2. The summed E-state index contributed by atoms with van der Waals surface area (Å²) in [7, 11) is 0. The lowest BCUT2D eigenvalue weighted by atomic mass is 10.2. The Morgan fingerprint density at radius 3 is 2.44 bits per heavy atom. The van der Waals surface area contributed by atoms with Crippen LogP contribution in [0.3, 0.4) is 0 Å². The maximum absolute atomic E-state index is 13.0. The second kappa shape index (κ2) is 12.5. The topological polar surface area (TPSA) is 76.4 Å². The molecule has 0 saturated carbocycles. The molecule has 10 heteroatoms. The Morgan fingerprint density at radius 2 is 1.75 bits per heavy atom. The van der Waals surface area contributed by atoms with E-state index in [2.05, 4.69) is 10.6 Å². The zero-order valence-corrected chi connectivity index (χ0v) is 19.1. The molecule has 0 radical (unpaired) electrons. The zero-order chi connectivity index (χ0) is 22.2. The van der Waals surface area contributed by atoms with Gasteiger partial charge in [-0.2, -0.15) is 0 Å². The Kier molecular flexibility index (Phi) is 9.99. The lowest BCUT2D eigenvalue weighted by Gasteiger charge is -2.14. The third-order valence-corrected chi connectivity index (χ3v) is 4.97. The lowest BCUT2D eigenvalue weighted by Crippen LogP contribution is -2.22. The predicted octanol–water partition coefficient (Wildman–Crippen LogP) is 6.24. The fourth-order valence-corrected chi connectivity index (χ4v) is 3.27. The molecule has 0 aliphatic heterocycles. The molecule has 0 unspecified atom stereocenters. The minimum absolute atomic E-state index is 0. The molecule has 3 aromatic carbocycles. The molecule has 0 aliphatic carbocycles. The standard InChI is InChI=1S/C22H20Cl2FN3O3.ClH/c23-17-3-8-22(31-14-15-1-4-18(25)5-2-15)16(11-17)13-26-9-10-27-21-7-6-19(28(29)30)12-20(21)24;/h1-8,11-12,26-27H,9-10,13-14H2;1H. The van der Waals surface area contributed by atoms with Gasteiger partial charge in [0.25, 0.3) is 5.69 Å². The molecule has 0 amide bonds. The van der Waals surface area contributed by atoms with Gasteiger partial charge in [-0.1, -0.05) is 35.3 Å². The number of nitro benzene ring substituents is 1. The third kappa shape index (κ3) is 7.53. The van der Waals surface area contributed by atoms with Gasteiger partial charge in [-0.25, -0.2) is 4.39 Å². The van der Waals surface area contributed by atoms with Crippen molar-refractivity contribution in [3.05, 3.63) is 97.8 Å². The summed E-state index contributed by atoms with van der Waals surface area (Å²) in [5, 5.41) is 18.1. The number of rotatable bonds is 10. The average molecular weight is 501 g/mol. The van der Waals surface area contributed by atoms with Crippen LogP contribution in [-0.4, -0.2) is 18.0 Å². The molecule has 0 aromatic heterocycles. The molecule has 170 valence electrons. The van der Waals surface area contributed by atoms with Crippen LogP contribution in [0.2, 0.25) is 10.0 Å². The van der Waals surface area contributed by atoms with Crippen LogP contribution in [0.25, 0.3) is 0 Å². The maximum Gasteiger partial charge on any atom is 0.271 e. The number of anilines is 1. The molecule has 2 N–H and O–H groups in total. The largest absolute Gasteiger partial charge is 0.489 e. The van der Waals surface area contributed by atoms with Crippen LogP contribution < -0.4 is 15.4 Å². The van der Waals surface area contributed by atoms with Crippen molar-refractivity contribution in [2.24, 2.45) is 0 Å². The van der Waals surface area contributed by atoms with E-state index in [-0.39, 0.29) is 23.9 Å². The number of benzene rings is 3. The van der Waals surface area contributed by atoms with Gasteiger partial charge in [0.2, 0.25) is 0 Å². The van der Waals surface area contributed by atoms with Gasteiger partial charge >= 0.3 is 0 Å². The molecule has 3 rings (SSSR count). The van der Waals surface area contributed by atoms with E-state index in [0.29, 0.717) is 47.7 Å². The molecule has 6 nitrogen and oxygen atoms in total. The first-order chi connectivity index (χ1) is 14.9. The van der Waals surface area contributed by atoms with Gasteiger partial charge in [0.15, 0.2) is 0 Å². The first-order valence-corrected chi connectivity index (χ1v) is 10.2. The van der Waals surface area contributed by atoms with Crippen LogP contribution in [0.15, 0.2) is 60.7 Å². The molecule has 0 saturated heterocycles. The summed E-state index contributed by atoms with van der Waals surface area (Å²) in [5.41, 5.74) is 2.32. The van der Waals surface area contributed by atoms with Crippen LogP contribution in [0, 0.1) is 15.9 Å². The SMILES string of the molecule is Cl.O=[N+]([O-])c1ccc(NCCNCc2cc(Cl)ccc2OCc2ccc(F)cc2)c(Cl)c1. The van der Waals surface area contributed by atoms with Gasteiger partial charge in [-0.15, -0.1) is 12.4 Å². The van der Waals surface area contributed by atoms with Crippen LogP contribution in [0.5, 0.6) is 5.75 Å². The van der Waals surface area contributed by atoms with Crippen LogP contribution in [0.4, 0.5) is 15.8 Å². The van der Waals surface area contributed by atoms with Crippen LogP contribution in [-0.2, 0) is 13.2 Å². The molecule has 0 aliphatic rings. The molecule has 3 aromatic rings. The van der Waals surface area contributed by atoms with Gasteiger partial charge in [0.1, 0.15) is 18.2 Å². The number of non-ortho nitro benzene ring substituents is 1. The maximum atomic E-state index is 13.0. The number of hydrogen-bond acceptors (Lipinski definition) is 5. The Morgan fingerprint density at radius 1 is 1.00 bits per heavy atom. The molecule has 0 atom stereocenters. The third-order valence-electron chi connectivity index (χ3n) is 4.43. The Bertz CT molecular complexity index is 1050. The summed E-state index contributed by atoms with van der Waals surface area (Å²) < 4.78 is 18.9. The zero-order valence-electron chi connectivity index (χ0n) is 16.8. The number of nitrogens with zero attached hydrogens (tertiary/aromatic N) is 1. The molecule has 32 heavy (non-hydrogen) atoms. The van der Waals surface area contributed by atoms with E-state index >= 15 is 0 Å². The summed E-state index contributed by atoms with van der Waals surface area (Å²) in [5.74, 6) is 0.399. The fourth-order valence-electron chi connectivity index (χ4n) is 2.84. The van der Waals surface area contributed by atoms with Crippen molar-refractivity contribution in [1.29, 1.82) is 0 Å². The van der Waals surface area contributed by atoms with Crippen molar-refractivity contribution in [3.63, 3.8) is 0 Å². The fraction of sp³-hybridized carbons (Fsp3) is 0.182. The molecular formula is C22H21Cl3FN3O3. The summed E-state index contributed by atoms with van der Waals surface area (Å²) in [4.78, 5) is 10.3. The molecular weight excluding hydrogens is 480 g/mol. The molecule has 0 heterocycles. The van der Waals surface area contributed by atoms with Crippen LogP contribution >= 0.6 is 35.6 Å². The minimum atomic E-state index is -0.488. The Labute approximate surface area is 201 Å². The van der Waals surface area contributed by atoms with Gasteiger partial charge in [-0.05, 0) is 42.0 Å². The second-order valence-corrected chi connectivity index (χ2v) is 7.54. The second-order valence-electron chi connectivity index (χ2n) is 6.69. The summed E-state index contributed by atoms with van der Waals surface area (Å²) >= 11 is 12.2. The van der Waals surface area contributed by atoms with Gasteiger partial charge in [0, 0.05) is 42.4 Å². The van der Waals surface area contributed by atoms with E-state index in [1.54, 1.807) is 30.3 Å². The van der Waals surface area contributed by atoms with Gasteiger partial charge in [0.05, 0.1) is 15.6 Å². The van der Waals surface area contributed by atoms with Gasteiger partial charge < -0.3 is 15.4 Å². The van der Waals surface area contributed by atoms with E-state index in [9.17, 15) is 14.5 Å². The van der Waals surface area contributed by atoms with E-state index in [1.807, 2.05) is 6.07 Å². The van der Waals surface area contributed by atoms with Crippen molar-refractivity contribution in [1.82, 2.24) is 5.32 Å². The summed E-state index contributed by atoms with van der Waals surface area (Å²) in [6.07, 6.45) is 0. The highest BCUT2D eigenvalue weighted by Crippen LogP contribution is 2.26. The first kappa shape index (κ1) is 25.7. The summed E-state index contributed by atoms with van der Waals surface area (Å²) in [6, 6.07) is 15.8. The first-order valence-electron chi connectivity index (χ1n) is 9.46. The predicted molar refractivity (Wildman–Crippen MR) is 128 cm³/mol. The summed E-state index contributed by atoms with van der Waals surface area (Å²) in [6.45, 7) is 2.01. The number of halogens is 4. The van der Waals surface area contributed by atoms with E-state index in [4.69, 9.17) is 27.9 Å². The van der Waals surface area contributed by atoms with Crippen molar-refractivity contribution in [2.45, 2.75) is 13.2 Å². The average Bonchev–Trinajstić information content (AvgIpc) is 2.75. The smallest absolute Gasteiger partial charge is 0.271 e. The molecule has 0 spiro atoms. The highest BCUT2D eigenvalue weighted by molar-refractivity contribution is 6.33. The number of nitrogens with one attached hydrogen (secondary N) is 2. The highest BCUT2D eigenvalue weighted by Gasteiger charge is 2.09. The normalized spacial score (nSPS) is 10.3. The monoisotopic (exact) mass is 499 g/mol. The lowest BCUT2D eigenvalue weighted by molar-refractivity contribution is -0.384. The molecule has 0 fully saturated rings. The van der Waals surface area contributed by atoms with E-state index in [0.717, 1.165) is 11.1 Å². The van der Waals surface area contributed by atoms with Crippen LogP contribution in [0.1, 0.15) is 11.1 Å². The van der Waals surface area contributed by atoms with Crippen molar-refractivity contribution in [3.8, 4) is 5.75 Å². The van der Waals surface area contributed by atoms with Crippen molar-refractivity contribution >= 4 is 47.0 Å².